The Hall–Kier alpha value is -1.64. The van der Waals surface area contributed by atoms with Crippen molar-refractivity contribution in [2.75, 3.05) is 21.1 Å². The quantitative estimate of drug-likeness (QED) is 0.904. The second-order valence-electron chi connectivity index (χ2n) is 4.74. The lowest BCUT2D eigenvalue weighted by molar-refractivity contribution is 0.402. The van der Waals surface area contributed by atoms with E-state index in [1.165, 1.54) is 11.1 Å². The highest BCUT2D eigenvalue weighted by Gasteiger charge is 1.90. The third-order valence-corrected chi connectivity index (χ3v) is 2.57. The van der Waals surface area contributed by atoms with Crippen molar-refractivity contribution in [1.82, 2.24) is 10.2 Å². The zero-order chi connectivity index (χ0) is 13.9. The molecule has 2 rings (SSSR count). The Bertz CT molecular complexity index is 424. The SMILES string of the molecule is CN(C)Cc1ccccc1.CNCc1ccccc1. The molecule has 0 amide bonds. The number of hydrogen-bond donors (Lipinski definition) is 1. The van der Waals surface area contributed by atoms with Crippen LogP contribution in [-0.4, -0.2) is 26.0 Å². The van der Waals surface area contributed by atoms with Gasteiger partial charge >= 0.3 is 0 Å². The fraction of sp³-hybridized carbons (Fsp3) is 0.294. The summed E-state index contributed by atoms with van der Waals surface area (Å²) in [5, 5.41) is 3.08. The lowest BCUT2D eigenvalue weighted by Gasteiger charge is -2.08. The third kappa shape index (κ3) is 7.39. The van der Waals surface area contributed by atoms with E-state index in [1.807, 2.05) is 31.3 Å². The average Bonchev–Trinajstić information content (AvgIpc) is 2.41. The number of nitrogens with one attached hydrogen (secondary N) is 1. The van der Waals surface area contributed by atoms with Crippen LogP contribution in [0.2, 0.25) is 0 Å². The molecule has 1 N–H and O–H groups in total. The van der Waals surface area contributed by atoms with Crippen LogP contribution in [0, 0.1) is 0 Å². The number of hydrogen-bond acceptors (Lipinski definition) is 2. The Balaban J connectivity index is 0.000000191. The van der Waals surface area contributed by atoms with Crippen molar-refractivity contribution in [3.05, 3.63) is 71.8 Å². The molecule has 0 aromatic heterocycles. The highest BCUT2D eigenvalue weighted by Crippen LogP contribution is 1.99. The summed E-state index contributed by atoms with van der Waals surface area (Å²) in [5.41, 5.74) is 2.70. The average molecular weight is 256 g/mol. The van der Waals surface area contributed by atoms with E-state index in [4.69, 9.17) is 0 Å². The Morgan fingerprint density at radius 1 is 0.789 bits per heavy atom. The summed E-state index contributed by atoms with van der Waals surface area (Å²) >= 11 is 0. The molecular weight excluding hydrogens is 232 g/mol. The van der Waals surface area contributed by atoms with Crippen molar-refractivity contribution in [3.63, 3.8) is 0 Å². The standard InChI is InChI=1S/C9H13N.C8H11N/c1-10(2)8-9-6-4-3-5-7-9;1-9-7-8-5-3-2-4-6-8/h3-7H,8H2,1-2H3;2-6,9H,7H2,1H3. The maximum Gasteiger partial charge on any atom is 0.0227 e. The number of benzene rings is 2. The molecule has 0 unspecified atom stereocenters. The predicted octanol–water partition coefficient (Wildman–Crippen LogP) is 3.15. The monoisotopic (exact) mass is 256 g/mol. The van der Waals surface area contributed by atoms with Crippen molar-refractivity contribution in [3.8, 4) is 0 Å². The van der Waals surface area contributed by atoms with Gasteiger partial charge in [-0.05, 0) is 32.3 Å². The second-order valence-corrected chi connectivity index (χ2v) is 4.74. The first-order chi connectivity index (χ1) is 9.22. The molecule has 0 heterocycles. The fourth-order valence-electron chi connectivity index (χ4n) is 1.75. The first-order valence-corrected chi connectivity index (χ1v) is 6.59. The van der Waals surface area contributed by atoms with Crippen molar-refractivity contribution in [2.24, 2.45) is 0 Å². The predicted molar refractivity (Wildman–Crippen MR) is 83.0 cm³/mol. The molecular formula is C17H24N2. The zero-order valence-corrected chi connectivity index (χ0v) is 12.1. The van der Waals surface area contributed by atoms with Crippen LogP contribution in [0.5, 0.6) is 0 Å². The fourth-order valence-corrected chi connectivity index (χ4v) is 1.75. The number of rotatable bonds is 4. The highest BCUT2D eigenvalue weighted by atomic mass is 15.0. The molecule has 0 aliphatic heterocycles. The maximum absolute atomic E-state index is 3.08. The van der Waals surface area contributed by atoms with Gasteiger partial charge in [0.1, 0.15) is 0 Å². The molecule has 0 atom stereocenters. The molecule has 2 aromatic carbocycles. The first-order valence-electron chi connectivity index (χ1n) is 6.59. The number of nitrogens with zero attached hydrogens (tertiary/aromatic N) is 1. The maximum atomic E-state index is 3.08. The van der Waals surface area contributed by atoms with E-state index >= 15 is 0 Å². The van der Waals surface area contributed by atoms with Gasteiger partial charge in [-0.3, -0.25) is 0 Å². The van der Waals surface area contributed by atoms with E-state index in [9.17, 15) is 0 Å². The molecule has 2 nitrogen and oxygen atoms in total. The minimum atomic E-state index is 0.959. The summed E-state index contributed by atoms with van der Waals surface area (Å²) in [6, 6.07) is 20.8. The topological polar surface area (TPSA) is 15.3 Å². The Morgan fingerprint density at radius 2 is 1.26 bits per heavy atom. The summed E-state index contributed by atoms with van der Waals surface area (Å²) in [6.45, 7) is 1.99. The lowest BCUT2D eigenvalue weighted by atomic mass is 10.2. The van der Waals surface area contributed by atoms with E-state index in [1.54, 1.807) is 0 Å². The van der Waals surface area contributed by atoms with Crippen molar-refractivity contribution < 1.29 is 0 Å². The summed E-state index contributed by atoms with van der Waals surface area (Å²) in [6.07, 6.45) is 0. The molecule has 0 radical (unpaired) electrons. The Kier molecular flexibility index (Phi) is 7.56. The van der Waals surface area contributed by atoms with Gasteiger partial charge in [0.15, 0.2) is 0 Å². The van der Waals surface area contributed by atoms with E-state index in [-0.39, 0.29) is 0 Å². The van der Waals surface area contributed by atoms with Gasteiger partial charge in [-0.2, -0.15) is 0 Å². The first kappa shape index (κ1) is 15.4. The van der Waals surface area contributed by atoms with Gasteiger partial charge in [0.05, 0.1) is 0 Å². The van der Waals surface area contributed by atoms with Crippen molar-refractivity contribution in [1.29, 1.82) is 0 Å². The molecule has 0 bridgehead atoms. The van der Waals surface area contributed by atoms with Gasteiger partial charge in [-0.15, -0.1) is 0 Å². The smallest absolute Gasteiger partial charge is 0.0227 e. The Morgan fingerprint density at radius 3 is 1.68 bits per heavy atom. The molecule has 0 spiro atoms. The molecule has 102 valence electrons. The largest absolute Gasteiger partial charge is 0.316 e. The van der Waals surface area contributed by atoms with Crippen molar-refractivity contribution in [2.45, 2.75) is 13.1 Å². The van der Waals surface area contributed by atoms with Crippen LogP contribution in [0.25, 0.3) is 0 Å². The minimum absolute atomic E-state index is 0.959. The molecule has 2 aromatic rings. The lowest BCUT2D eigenvalue weighted by Crippen LogP contribution is -2.10. The highest BCUT2D eigenvalue weighted by molar-refractivity contribution is 5.14. The van der Waals surface area contributed by atoms with E-state index < -0.39 is 0 Å². The van der Waals surface area contributed by atoms with Gasteiger partial charge in [0.2, 0.25) is 0 Å². The summed E-state index contributed by atoms with van der Waals surface area (Å²) in [4.78, 5) is 2.16. The van der Waals surface area contributed by atoms with Crippen LogP contribution in [0.1, 0.15) is 11.1 Å². The molecule has 19 heavy (non-hydrogen) atoms. The molecule has 0 saturated heterocycles. The minimum Gasteiger partial charge on any atom is -0.316 e. The van der Waals surface area contributed by atoms with Gasteiger partial charge < -0.3 is 10.2 Å². The van der Waals surface area contributed by atoms with Crippen LogP contribution in [0.15, 0.2) is 60.7 Å². The van der Waals surface area contributed by atoms with E-state index in [2.05, 4.69) is 60.7 Å². The van der Waals surface area contributed by atoms with Crippen molar-refractivity contribution >= 4 is 0 Å². The normalized spacial score (nSPS) is 9.89. The van der Waals surface area contributed by atoms with Crippen LogP contribution < -0.4 is 5.32 Å². The van der Waals surface area contributed by atoms with E-state index in [0.29, 0.717) is 0 Å². The Labute approximate surface area is 117 Å². The molecule has 0 saturated carbocycles. The third-order valence-electron chi connectivity index (χ3n) is 2.57. The zero-order valence-electron chi connectivity index (χ0n) is 12.1. The molecule has 0 aliphatic carbocycles. The second kappa shape index (κ2) is 9.31. The van der Waals surface area contributed by atoms with Crippen LogP contribution in [-0.2, 0) is 13.1 Å². The molecule has 0 fully saturated rings. The van der Waals surface area contributed by atoms with Crippen LogP contribution in [0.4, 0.5) is 0 Å². The van der Waals surface area contributed by atoms with Gasteiger partial charge in [-0.25, -0.2) is 0 Å². The van der Waals surface area contributed by atoms with E-state index in [0.717, 1.165) is 13.1 Å². The summed E-state index contributed by atoms with van der Waals surface area (Å²) in [7, 11) is 6.10. The summed E-state index contributed by atoms with van der Waals surface area (Å²) < 4.78 is 0. The molecule has 0 aliphatic rings. The molecule has 2 heteroatoms. The van der Waals surface area contributed by atoms with Gasteiger partial charge in [0.25, 0.3) is 0 Å². The van der Waals surface area contributed by atoms with Crippen LogP contribution >= 0.6 is 0 Å². The van der Waals surface area contributed by atoms with Gasteiger partial charge in [0, 0.05) is 13.1 Å². The summed E-state index contributed by atoms with van der Waals surface area (Å²) in [5.74, 6) is 0. The van der Waals surface area contributed by atoms with Gasteiger partial charge in [-0.1, -0.05) is 60.7 Å². The van der Waals surface area contributed by atoms with Crippen LogP contribution in [0.3, 0.4) is 0 Å².